The number of aliphatic hydroxyl groups is 1. The van der Waals surface area contributed by atoms with Crippen LogP contribution in [0, 0.1) is 5.82 Å². The summed E-state index contributed by atoms with van der Waals surface area (Å²) in [5.41, 5.74) is 5.26. The third-order valence-corrected chi connectivity index (χ3v) is 3.42. The first-order valence-corrected chi connectivity index (χ1v) is 5.96. The van der Waals surface area contributed by atoms with Crippen LogP contribution in [0.4, 0.5) is 4.39 Å². The second-order valence-corrected chi connectivity index (χ2v) is 4.89. The number of amides is 1. The van der Waals surface area contributed by atoms with Gasteiger partial charge in [-0.15, -0.1) is 0 Å². The summed E-state index contributed by atoms with van der Waals surface area (Å²) in [6.07, 6.45) is 0.688. The van der Waals surface area contributed by atoms with Gasteiger partial charge in [0.05, 0.1) is 5.60 Å². The minimum atomic E-state index is -0.641. The van der Waals surface area contributed by atoms with E-state index in [4.69, 9.17) is 5.73 Å². The molecule has 1 fully saturated rings. The third-order valence-electron chi connectivity index (χ3n) is 3.42. The molecule has 0 aliphatic carbocycles. The van der Waals surface area contributed by atoms with E-state index in [0.717, 1.165) is 0 Å². The quantitative estimate of drug-likeness (QED) is 0.836. The third kappa shape index (κ3) is 2.52. The Labute approximate surface area is 105 Å². The largest absolute Gasteiger partial charge is 0.387 e. The van der Waals surface area contributed by atoms with Crippen molar-refractivity contribution in [2.45, 2.75) is 25.5 Å². The zero-order valence-electron chi connectivity index (χ0n) is 10.3. The van der Waals surface area contributed by atoms with E-state index in [0.29, 0.717) is 37.2 Å². The molecule has 0 spiro atoms. The van der Waals surface area contributed by atoms with Crippen LogP contribution in [-0.4, -0.2) is 34.6 Å². The highest BCUT2D eigenvalue weighted by Crippen LogP contribution is 2.26. The molecule has 2 rings (SSSR count). The summed E-state index contributed by atoms with van der Waals surface area (Å²) in [4.78, 5) is 13.0. The van der Waals surface area contributed by atoms with Gasteiger partial charge in [0.2, 0.25) is 5.91 Å². The van der Waals surface area contributed by atoms with Crippen molar-refractivity contribution in [2.24, 2.45) is 5.73 Å². The van der Waals surface area contributed by atoms with Crippen LogP contribution in [0.5, 0.6) is 0 Å². The number of nitrogens with zero attached hydrogens (tertiary/aromatic N) is 1. The summed E-state index contributed by atoms with van der Waals surface area (Å²) in [6, 6.07) is 4.10. The number of rotatable bonds is 4. The number of hydrogen-bond donors (Lipinski definition) is 2. The molecule has 1 aliphatic rings. The van der Waals surface area contributed by atoms with Crippen molar-refractivity contribution in [3.8, 4) is 0 Å². The second kappa shape index (κ2) is 4.66. The average molecular weight is 252 g/mol. The number of hydrogen-bond acceptors (Lipinski definition) is 3. The molecule has 1 aromatic rings. The molecular formula is C13H17FN2O2. The minimum Gasteiger partial charge on any atom is -0.387 e. The molecule has 1 heterocycles. The summed E-state index contributed by atoms with van der Waals surface area (Å²) in [5.74, 6) is -0.920. The SMILES string of the molecule is CCC1(O)CN(Cc2cc(C(N)=O)ccc2F)C1. The molecule has 0 unspecified atom stereocenters. The molecule has 98 valence electrons. The number of nitrogens with two attached hydrogens (primary N) is 1. The highest BCUT2D eigenvalue weighted by Gasteiger charge is 2.39. The van der Waals surface area contributed by atoms with Crippen LogP contribution in [0.2, 0.25) is 0 Å². The maximum Gasteiger partial charge on any atom is 0.248 e. The van der Waals surface area contributed by atoms with Crippen LogP contribution >= 0.6 is 0 Å². The highest BCUT2D eigenvalue weighted by atomic mass is 19.1. The lowest BCUT2D eigenvalue weighted by Crippen LogP contribution is -2.60. The average Bonchev–Trinajstić information content (AvgIpc) is 2.29. The number of likely N-dealkylation sites (tertiary alicyclic amines) is 1. The van der Waals surface area contributed by atoms with Gasteiger partial charge in [0, 0.05) is 30.8 Å². The lowest BCUT2D eigenvalue weighted by molar-refractivity contribution is -0.103. The first-order chi connectivity index (χ1) is 8.43. The molecular weight excluding hydrogens is 235 g/mol. The first kappa shape index (κ1) is 13.0. The Hall–Kier alpha value is -1.46. The fraction of sp³-hybridized carbons (Fsp3) is 0.462. The molecule has 5 heteroatoms. The second-order valence-electron chi connectivity index (χ2n) is 4.89. The normalized spacial score (nSPS) is 18.4. The number of carbonyl (C=O) groups excluding carboxylic acids is 1. The zero-order valence-corrected chi connectivity index (χ0v) is 10.3. The number of β-amino-alcohol motifs (C(OH)–C–C–N with tert-alkyl or cyclic N) is 1. The van der Waals surface area contributed by atoms with Crippen LogP contribution in [0.3, 0.4) is 0 Å². The fourth-order valence-corrected chi connectivity index (χ4v) is 2.21. The van der Waals surface area contributed by atoms with E-state index >= 15 is 0 Å². The number of benzene rings is 1. The van der Waals surface area contributed by atoms with E-state index in [1.807, 2.05) is 11.8 Å². The van der Waals surface area contributed by atoms with E-state index in [-0.39, 0.29) is 5.82 Å². The molecule has 1 saturated heterocycles. The Morgan fingerprint density at radius 3 is 2.78 bits per heavy atom. The Kier molecular flexibility index (Phi) is 3.36. The van der Waals surface area contributed by atoms with Gasteiger partial charge in [-0.05, 0) is 24.6 Å². The molecule has 0 atom stereocenters. The van der Waals surface area contributed by atoms with Crippen molar-refractivity contribution < 1.29 is 14.3 Å². The topological polar surface area (TPSA) is 66.6 Å². The molecule has 4 nitrogen and oxygen atoms in total. The molecule has 0 saturated carbocycles. The van der Waals surface area contributed by atoms with Crippen LogP contribution in [-0.2, 0) is 6.54 Å². The smallest absolute Gasteiger partial charge is 0.248 e. The van der Waals surface area contributed by atoms with Crippen molar-refractivity contribution >= 4 is 5.91 Å². The van der Waals surface area contributed by atoms with Crippen molar-refractivity contribution in [1.29, 1.82) is 0 Å². The number of carbonyl (C=O) groups is 1. The number of halogens is 1. The Morgan fingerprint density at radius 2 is 2.22 bits per heavy atom. The minimum absolute atomic E-state index is 0.303. The molecule has 1 aliphatic heterocycles. The Bertz CT molecular complexity index is 470. The molecule has 0 radical (unpaired) electrons. The predicted molar refractivity (Wildman–Crippen MR) is 65.4 cm³/mol. The van der Waals surface area contributed by atoms with Crippen molar-refractivity contribution in [2.75, 3.05) is 13.1 Å². The molecule has 1 aromatic carbocycles. The van der Waals surface area contributed by atoms with E-state index in [9.17, 15) is 14.3 Å². The van der Waals surface area contributed by atoms with E-state index in [1.54, 1.807) is 0 Å². The highest BCUT2D eigenvalue weighted by molar-refractivity contribution is 5.92. The summed E-state index contributed by atoms with van der Waals surface area (Å²) in [5, 5.41) is 9.87. The van der Waals surface area contributed by atoms with Gasteiger partial charge in [-0.25, -0.2) is 4.39 Å². The molecule has 0 aromatic heterocycles. The van der Waals surface area contributed by atoms with E-state index in [1.165, 1.54) is 18.2 Å². The predicted octanol–water partition coefficient (Wildman–Crippen LogP) is 0.881. The van der Waals surface area contributed by atoms with Gasteiger partial charge in [0.1, 0.15) is 5.82 Å². The van der Waals surface area contributed by atoms with Crippen molar-refractivity contribution in [1.82, 2.24) is 4.90 Å². The summed E-state index contributed by atoms with van der Waals surface area (Å²) in [7, 11) is 0. The van der Waals surface area contributed by atoms with Crippen molar-refractivity contribution in [3.63, 3.8) is 0 Å². The Morgan fingerprint density at radius 1 is 1.56 bits per heavy atom. The summed E-state index contributed by atoms with van der Waals surface area (Å²) >= 11 is 0. The molecule has 0 bridgehead atoms. The van der Waals surface area contributed by atoms with Gasteiger partial charge in [0.25, 0.3) is 0 Å². The van der Waals surface area contributed by atoms with Gasteiger partial charge in [0.15, 0.2) is 0 Å². The van der Waals surface area contributed by atoms with Crippen LogP contribution in [0.1, 0.15) is 29.3 Å². The maximum absolute atomic E-state index is 13.6. The van der Waals surface area contributed by atoms with Crippen molar-refractivity contribution in [3.05, 3.63) is 35.1 Å². The van der Waals surface area contributed by atoms with E-state index in [2.05, 4.69) is 0 Å². The van der Waals surface area contributed by atoms with Crippen LogP contribution in [0.15, 0.2) is 18.2 Å². The number of primary amides is 1. The summed E-state index contributed by atoms with van der Waals surface area (Å²) < 4.78 is 13.6. The standard InChI is InChI=1S/C13H17FN2O2/c1-2-13(18)7-16(8-13)6-10-5-9(12(15)17)3-4-11(10)14/h3-5,18H,2,6-8H2,1H3,(H2,15,17). The molecule has 18 heavy (non-hydrogen) atoms. The summed E-state index contributed by atoms with van der Waals surface area (Å²) in [6.45, 7) is 3.37. The lowest BCUT2D eigenvalue weighted by atomic mass is 9.91. The fourth-order valence-electron chi connectivity index (χ4n) is 2.21. The van der Waals surface area contributed by atoms with Gasteiger partial charge >= 0.3 is 0 Å². The van der Waals surface area contributed by atoms with Gasteiger partial charge in [-0.1, -0.05) is 6.92 Å². The maximum atomic E-state index is 13.6. The van der Waals surface area contributed by atoms with Crippen LogP contribution in [0.25, 0.3) is 0 Å². The molecule has 3 N–H and O–H groups in total. The molecule has 1 amide bonds. The van der Waals surface area contributed by atoms with Gasteiger partial charge in [-0.3, -0.25) is 9.69 Å². The first-order valence-electron chi connectivity index (χ1n) is 5.96. The zero-order chi connectivity index (χ0) is 13.3. The monoisotopic (exact) mass is 252 g/mol. The van der Waals surface area contributed by atoms with Gasteiger partial charge in [-0.2, -0.15) is 0 Å². The lowest BCUT2D eigenvalue weighted by Gasteiger charge is -2.46. The Balaban J connectivity index is 2.06. The van der Waals surface area contributed by atoms with Crippen LogP contribution < -0.4 is 5.73 Å². The van der Waals surface area contributed by atoms with Gasteiger partial charge < -0.3 is 10.8 Å². The van der Waals surface area contributed by atoms with E-state index < -0.39 is 11.5 Å².